The molecule has 0 saturated heterocycles. The summed E-state index contributed by atoms with van der Waals surface area (Å²) in [5, 5.41) is 0. The lowest BCUT2D eigenvalue weighted by Crippen LogP contribution is -2.54. The molecule has 0 bridgehead atoms. The molecule has 1 rings (SSSR count). The van der Waals surface area contributed by atoms with Crippen molar-refractivity contribution >= 4 is 33.0 Å². The molecule has 2 nitrogen and oxygen atoms in total. The summed E-state index contributed by atoms with van der Waals surface area (Å²) in [6.45, 7) is 18.7. The Balaban J connectivity index is 3.08. The van der Waals surface area contributed by atoms with E-state index in [9.17, 15) is 0 Å². The normalized spacial score (nSPS) is 14.7. The summed E-state index contributed by atoms with van der Waals surface area (Å²) < 4.78 is 13.1. The lowest BCUT2D eigenvalue weighted by molar-refractivity contribution is -0.0766. The van der Waals surface area contributed by atoms with Crippen LogP contribution in [0.15, 0.2) is 61.0 Å². The molecule has 0 N–H and O–H groups in total. The van der Waals surface area contributed by atoms with Crippen LogP contribution in [0.1, 0.15) is 12.5 Å². The first-order valence-corrected chi connectivity index (χ1v) is 15.4. The highest BCUT2D eigenvalue weighted by Crippen LogP contribution is 2.30. The summed E-state index contributed by atoms with van der Waals surface area (Å²) >= 11 is 0. The molecule has 5 heteroatoms. The van der Waals surface area contributed by atoms with Gasteiger partial charge in [-0.3, -0.25) is 0 Å². The standard InChI is InChI=1S/C19H32O2Si3/c1-8-23(4,5)20-19(22,21-24(6,7)9-2)17(3)15-16-18-13-11-10-12-14-18/h8-17H,1-2H2,3-7,22H3. The second-order valence-electron chi connectivity index (χ2n) is 7.39. The van der Waals surface area contributed by atoms with E-state index in [1.165, 1.54) is 5.56 Å². The molecule has 24 heavy (non-hydrogen) atoms. The van der Waals surface area contributed by atoms with Crippen molar-refractivity contribution in [3.63, 3.8) is 0 Å². The van der Waals surface area contributed by atoms with Gasteiger partial charge in [-0.2, -0.15) is 0 Å². The van der Waals surface area contributed by atoms with Gasteiger partial charge < -0.3 is 8.85 Å². The van der Waals surface area contributed by atoms with Crippen LogP contribution in [-0.4, -0.2) is 32.3 Å². The topological polar surface area (TPSA) is 18.5 Å². The zero-order chi connectivity index (χ0) is 18.4. The minimum atomic E-state index is -1.97. The van der Waals surface area contributed by atoms with Crippen LogP contribution in [0, 0.1) is 5.92 Å². The van der Waals surface area contributed by atoms with E-state index in [0.29, 0.717) is 0 Å². The Morgan fingerprint density at radius 1 is 1.00 bits per heavy atom. The van der Waals surface area contributed by atoms with Crippen LogP contribution in [0.3, 0.4) is 0 Å². The Bertz CT molecular complexity index is 558. The van der Waals surface area contributed by atoms with Crippen LogP contribution in [-0.2, 0) is 8.85 Å². The fourth-order valence-electron chi connectivity index (χ4n) is 2.33. The highest BCUT2D eigenvalue weighted by molar-refractivity contribution is 6.77. The number of hydrogen-bond donors (Lipinski definition) is 0. The summed E-state index contributed by atoms with van der Waals surface area (Å²) in [5.74, 6) is 0.155. The molecule has 1 unspecified atom stereocenters. The van der Waals surface area contributed by atoms with Gasteiger partial charge in [0.1, 0.15) is 5.41 Å². The molecule has 0 aliphatic rings. The van der Waals surface area contributed by atoms with Crippen molar-refractivity contribution in [1.82, 2.24) is 0 Å². The van der Waals surface area contributed by atoms with E-state index < -0.39 is 22.0 Å². The van der Waals surface area contributed by atoms with Crippen LogP contribution >= 0.6 is 0 Å². The third-order valence-corrected chi connectivity index (χ3v) is 10.1. The molecule has 0 radical (unpaired) electrons. The van der Waals surface area contributed by atoms with Gasteiger partial charge in [0.2, 0.25) is 16.6 Å². The van der Waals surface area contributed by atoms with E-state index in [4.69, 9.17) is 8.85 Å². The Morgan fingerprint density at radius 3 is 1.88 bits per heavy atom. The van der Waals surface area contributed by atoms with Crippen molar-refractivity contribution in [2.24, 2.45) is 5.92 Å². The molecule has 0 amide bonds. The van der Waals surface area contributed by atoms with Crippen LogP contribution in [0.4, 0.5) is 0 Å². The smallest absolute Gasteiger partial charge is 0.213 e. The molecule has 0 spiro atoms. The van der Waals surface area contributed by atoms with Gasteiger partial charge >= 0.3 is 0 Å². The van der Waals surface area contributed by atoms with Gasteiger partial charge in [-0.25, -0.2) is 0 Å². The second-order valence-corrected chi connectivity index (χ2v) is 16.4. The van der Waals surface area contributed by atoms with Gasteiger partial charge in [-0.1, -0.05) is 60.8 Å². The van der Waals surface area contributed by atoms with Crippen molar-refractivity contribution in [3.8, 4) is 0 Å². The molecular formula is C19H32O2Si3. The Labute approximate surface area is 153 Å². The van der Waals surface area contributed by atoms with Gasteiger partial charge in [0.05, 0.1) is 10.2 Å². The molecular weight excluding hydrogens is 344 g/mol. The summed E-state index contributed by atoms with van der Waals surface area (Å²) in [6.07, 6.45) is 4.35. The summed E-state index contributed by atoms with van der Waals surface area (Å²) in [6, 6.07) is 10.3. The molecule has 132 valence electrons. The zero-order valence-corrected chi connectivity index (χ0v) is 20.0. The van der Waals surface area contributed by atoms with Gasteiger partial charge in [-0.05, 0) is 31.8 Å². The Hall–Kier alpha value is -0.989. The van der Waals surface area contributed by atoms with E-state index in [2.05, 4.69) is 70.6 Å². The summed E-state index contributed by atoms with van der Waals surface area (Å²) in [4.78, 5) is 0. The zero-order valence-electron chi connectivity index (χ0n) is 16.0. The molecule has 1 atom stereocenters. The highest BCUT2D eigenvalue weighted by Gasteiger charge is 2.41. The average Bonchev–Trinajstić information content (AvgIpc) is 2.52. The fraction of sp³-hybridized carbons (Fsp3) is 0.368. The largest absolute Gasteiger partial charge is 0.391 e. The molecule has 0 saturated carbocycles. The highest BCUT2D eigenvalue weighted by atomic mass is 28.4. The van der Waals surface area contributed by atoms with Crippen molar-refractivity contribution < 1.29 is 8.85 Å². The third-order valence-electron chi connectivity index (χ3n) is 4.12. The SMILES string of the molecule is C=C[Si](C)(C)OC([SiH3])(O[Si](C)(C)C=C)C(C)C=Cc1ccccc1. The maximum atomic E-state index is 6.56. The van der Waals surface area contributed by atoms with Gasteiger partial charge in [-0.15, -0.1) is 13.2 Å². The van der Waals surface area contributed by atoms with E-state index >= 15 is 0 Å². The predicted octanol–water partition coefficient (Wildman–Crippen LogP) is 4.25. The maximum Gasteiger partial charge on any atom is 0.213 e. The van der Waals surface area contributed by atoms with E-state index in [-0.39, 0.29) is 5.92 Å². The van der Waals surface area contributed by atoms with Crippen LogP contribution in [0.2, 0.25) is 26.2 Å². The van der Waals surface area contributed by atoms with Crippen molar-refractivity contribution in [3.05, 3.63) is 66.5 Å². The monoisotopic (exact) mass is 376 g/mol. The predicted molar refractivity (Wildman–Crippen MR) is 115 cm³/mol. The molecule has 0 aromatic heterocycles. The molecule has 0 fully saturated rings. The molecule has 1 aromatic carbocycles. The number of hydrogen-bond acceptors (Lipinski definition) is 2. The van der Waals surface area contributed by atoms with Gasteiger partial charge in [0, 0.05) is 5.92 Å². The van der Waals surface area contributed by atoms with Crippen LogP contribution in [0.25, 0.3) is 6.08 Å². The van der Waals surface area contributed by atoms with E-state index in [0.717, 1.165) is 10.2 Å². The molecule has 0 heterocycles. The first kappa shape index (κ1) is 21.1. The second kappa shape index (κ2) is 8.40. The van der Waals surface area contributed by atoms with Crippen molar-refractivity contribution in [1.29, 1.82) is 0 Å². The first-order valence-electron chi connectivity index (χ1n) is 8.44. The summed E-state index contributed by atoms with van der Waals surface area (Å²) in [7, 11) is -3.16. The summed E-state index contributed by atoms with van der Waals surface area (Å²) in [5.41, 5.74) is 4.57. The Kier molecular flexibility index (Phi) is 7.37. The lowest BCUT2D eigenvalue weighted by atomic mass is 10.1. The first-order chi connectivity index (χ1) is 11.0. The third kappa shape index (κ3) is 6.49. The van der Waals surface area contributed by atoms with Gasteiger partial charge in [0.25, 0.3) is 0 Å². The average molecular weight is 377 g/mol. The lowest BCUT2D eigenvalue weighted by Gasteiger charge is -2.44. The van der Waals surface area contributed by atoms with Crippen molar-refractivity contribution in [2.45, 2.75) is 38.5 Å². The number of rotatable bonds is 9. The van der Waals surface area contributed by atoms with Crippen LogP contribution < -0.4 is 0 Å². The van der Waals surface area contributed by atoms with E-state index in [1.54, 1.807) is 0 Å². The molecule has 0 aliphatic carbocycles. The quantitative estimate of drug-likeness (QED) is 0.474. The minimum Gasteiger partial charge on any atom is -0.391 e. The number of benzene rings is 1. The minimum absolute atomic E-state index is 0.155. The molecule has 1 aromatic rings. The Morgan fingerprint density at radius 2 is 1.46 bits per heavy atom. The van der Waals surface area contributed by atoms with E-state index in [1.807, 2.05) is 29.6 Å². The van der Waals surface area contributed by atoms with Crippen molar-refractivity contribution in [2.75, 3.05) is 0 Å². The van der Waals surface area contributed by atoms with Gasteiger partial charge in [0.15, 0.2) is 0 Å². The van der Waals surface area contributed by atoms with Crippen LogP contribution in [0.5, 0.6) is 0 Å². The fourth-order valence-corrected chi connectivity index (χ4v) is 8.47. The maximum absolute atomic E-state index is 6.56. The molecule has 0 aliphatic heterocycles.